The van der Waals surface area contributed by atoms with Crippen molar-refractivity contribution < 1.29 is 18.3 Å². The highest BCUT2D eigenvalue weighted by Gasteiger charge is 2.25. The predicted octanol–water partition coefficient (Wildman–Crippen LogP) is 0.971. The molecule has 6 nitrogen and oxygen atoms in total. The summed E-state index contributed by atoms with van der Waals surface area (Å²) in [6.45, 7) is 1.58. The van der Waals surface area contributed by atoms with Crippen molar-refractivity contribution in [1.29, 1.82) is 0 Å². The van der Waals surface area contributed by atoms with E-state index in [-0.39, 0.29) is 22.5 Å². The van der Waals surface area contributed by atoms with Gasteiger partial charge in [-0.2, -0.15) is 0 Å². The van der Waals surface area contributed by atoms with Crippen LogP contribution in [-0.2, 0) is 15.6 Å². The Hall–Kier alpha value is -2.22. The first-order valence-corrected chi connectivity index (χ1v) is 10.1. The molecule has 0 aromatic heterocycles. The van der Waals surface area contributed by atoms with Crippen LogP contribution in [0.15, 0.2) is 59.5 Å². The third kappa shape index (κ3) is 4.49. The molecule has 2 aromatic carbocycles. The number of carbonyl (C=O) groups is 1. The lowest BCUT2D eigenvalue weighted by atomic mass is 10.1. The molecule has 2 atom stereocenters. The fraction of sp³-hybridized carbons (Fsp3) is 0.316. The van der Waals surface area contributed by atoms with Gasteiger partial charge < -0.3 is 15.7 Å². The second kappa shape index (κ2) is 7.99. The molecule has 2 unspecified atom stereocenters. The largest absolute Gasteiger partial charge is 0.391 e. The SMILES string of the molecule is O=C(NCC1CNCC1O)c1ccc(S(=O)(=O)Cc2ccccc2)cc1. The summed E-state index contributed by atoms with van der Waals surface area (Å²) in [5.41, 5.74) is 1.11. The van der Waals surface area contributed by atoms with Gasteiger partial charge in [-0.3, -0.25) is 4.79 Å². The molecule has 0 saturated carbocycles. The lowest BCUT2D eigenvalue weighted by Gasteiger charge is -2.14. The van der Waals surface area contributed by atoms with E-state index in [9.17, 15) is 18.3 Å². The maximum atomic E-state index is 12.5. The fourth-order valence-corrected chi connectivity index (χ4v) is 4.29. The maximum Gasteiger partial charge on any atom is 0.251 e. The monoisotopic (exact) mass is 374 g/mol. The zero-order valence-electron chi connectivity index (χ0n) is 14.3. The minimum atomic E-state index is -3.46. The van der Waals surface area contributed by atoms with Crippen molar-refractivity contribution >= 4 is 15.7 Å². The number of benzene rings is 2. The molecule has 0 bridgehead atoms. The highest BCUT2D eigenvalue weighted by molar-refractivity contribution is 7.90. The Morgan fingerprint density at radius 2 is 1.77 bits per heavy atom. The average Bonchev–Trinajstić information content (AvgIpc) is 3.05. The van der Waals surface area contributed by atoms with Crippen LogP contribution in [0.3, 0.4) is 0 Å². The lowest BCUT2D eigenvalue weighted by molar-refractivity contribution is 0.0927. The van der Waals surface area contributed by atoms with Crippen LogP contribution < -0.4 is 10.6 Å². The highest BCUT2D eigenvalue weighted by Crippen LogP contribution is 2.17. The molecule has 1 aliphatic heterocycles. The number of aliphatic hydroxyl groups is 1. The molecule has 3 N–H and O–H groups in total. The zero-order valence-corrected chi connectivity index (χ0v) is 15.1. The van der Waals surface area contributed by atoms with Crippen LogP contribution in [0.2, 0.25) is 0 Å². The van der Waals surface area contributed by atoms with Crippen LogP contribution in [0.25, 0.3) is 0 Å². The minimum absolute atomic E-state index is 0.00975. The molecule has 26 heavy (non-hydrogen) atoms. The third-order valence-electron chi connectivity index (χ3n) is 4.50. The second-order valence-corrected chi connectivity index (χ2v) is 8.45. The number of aliphatic hydroxyl groups excluding tert-OH is 1. The second-order valence-electron chi connectivity index (χ2n) is 6.46. The number of β-amino-alcohol motifs (C(OH)–C–C–N with tert-alkyl or cyclic N) is 1. The molecule has 3 rings (SSSR count). The first-order valence-electron chi connectivity index (χ1n) is 8.49. The van der Waals surface area contributed by atoms with Gasteiger partial charge in [0, 0.05) is 31.1 Å². The van der Waals surface area contributed by atoms with Gasteiger partial charge in [0.1, 0.15) is 0 Å². The van der Waals surface area contributed by atoms with Gasteiger partial charge >= 0.3 is 0 Å². The Balaban J connectivity index is 1.63. The highest BCUT2D eigenvalue weighted by atomic mass is 32.2. The van der Waals surface area contributed by atoms with E-state index in [0.29, 0.717) is 25.2 Å². The molecule has 0 aliphatic carbocycles. The first kappa shape index (κ1) is 18.6. The normalized spacial score (nSPS) is 20.0. The molecular weight excluding hydrogens is 352 g/mol. The van der Waals surface area contributed by atoms with Crippen molar-refractivity contribution in [3.63, 3.8) is 0 Å². The van der Waals surface area contributed by atoms with Gasteiger partial charge in [-0.15, -0.1) is 0 Å². The Labute approximate surface area is 153 Å². The van der Waals surface area contributed by atoms with E-state index in [1.807, 2.05) is 6.07 Å². The van der Waals surface area contributed by atoms with Gasteiger partial charge in [-0.1, -0.05) is 30.3 Å². The van der Waals surface area contributed by atoms with Crippen LogP contribution in [0.4, 0.5) is 0 Å². The molecular formula is C19H22N2O4S. The smallest absolute Gasteiger partial charge is 0.251 e. The zero-order chi connectivity index (χ0) is 18.6. The van der Waals surface area contributed by atoms with Crippen molar-refractivity contribution in [2.45, 2.75) is 16.8 Å². The third-order valence-corrected chi connectivity index (χ3v) is 6.21. The van der Waals surface area contributed by atoms with Gasteiger partial charge in [0.25, 0.3) is 5.91 Å². The van der Waals surface area contributed by atoms with Gasteiger partial charge in [0.15, 0.2) is 9.84 Å². The summed E-state index contributed by atoms with van der Waals surface area (Å²) in [5, 5.41) is 15.6. The molecule has 1 fully saturated rings. The average molecular weight is 374 g/mol. The molecule has 1 heterocycles. The van der Waals surface area contributed by atoms with Crippen LogP contribution in [-0.4, -0.2) is 45.2 Å². The van der Waals surface area contributed by atoms with E-state index in [1.165, 1.54) is 24.3 Å². The Bertz CT molecular complexity index is 851. The molecule has 1 amide bonds. The number of carbonyl (C=O) groups excluding carboxylic acids is 1. The molecule has 7 heteroatoms. The molecule has 0 radical (unpaired) electrons. The first-order chi connectivity index (χ1) is 12.5. The van der Waals surface area contributed by atoms with Crippen molar-refractivity contribution in [1.82, 2.24) is 10.6 Å². The summed E-state index contributed by atoms with van der Waals surface area (Å²) in [7, 11) is -3.46. The van der Waals surface area contributed by atoms with Gasteiger partial charge in [0.05, 0.1) is 16.8 Å². The van der Waals surface area contributed by atoms with E-state index in [2.05, 4.69) is 10.6 Å². The molecule has 1 aliphatic rings. The Morgan fingerprint density at radius 3 is 2.38 bits per heavy atom. The lowest BCUT2D eigenvalue weighted by Crippen LogP contribution is -2.34. The molecule has 138 valence electrons. The topological polar surface area (TPSA) is 95.5 Å². The molecule has 1 saturated heterocycles. The number of nitrogens with one attached hydrogen (secondary N) is 2. The van der Waals surface area contributed by atoms with Crippen molar-refractivity contribution in [2.75, 3.05) is 19.6 Å². The maximum absolute atomic E-state index is 12.5. The van der Waals surface area contributed by atoms with Gasteiger partial charge in [-0.05, 0) is 29.8 Å². The Kier molecular flexibility index (Phi) is 5.70. The Morgan fingerprint density at radius 1 is 1.08 bits per heavy atom. The minimum Gasteiger partial charge on any atom is -0.391 e. The summed E-state index contributed by atoms with van der Waals surface area (Å²) < 4.78 is 25.0. The summed E-state index contributed by atoms with van der Waals surface area (Å²) in [4.78, 5) is 12.4. The summed E-state index contributed by atoms with van der Waals surface area (Å²) in [6, 6.07) is 14.9. The predicted molar refractivity (Wildman–Crippen MR) is 98.5 cm³/mol. The number of hydrogen-bond acceptors (Lipinski definition) is 5. The van der Waals surface area contributed by atoms with Gasteiger partial charge in [-0.25, -0.2) is 8.42 Å². The van der Waals surface area contributed by atoms with E-state index < -0.39 is 15.9 Å². The summed E-state index contributed by atoms with van der Waals surface area (Å²) in [5.74, 6) is -0.369. The molecule has 2 aromatic rings. The van der Waals surface area contributed by atoms with Crippen molar-refractivity contribution in [2.24, 2.45) is 5.92 Å². The summed E-state index contributed by atoms with van der Waals surface area (Å²) in [6.07, 6.45) is -0.458. The van der Waals surface area contributed by atoms with Crippen LogP contribution >= 0.6 is 0 Å². The standard InChI is InChI=1S/C19H22N2O4S/c22-18-12-20-10-16(18)11-21-19(23)15-6-8-17(9-7-15)26(24,25)13-14-4-2-1-3-5-14/h1-9,16,18,20,22H,10-13H2,(H,21,23). The van der Waals surface area contributed by atoms with Crippen molar-refractivity contribution in [3.8, 4) is 0 Å². The number of sulfone groups is 1. The fourth-order valence-electron chi connectivity index (χ4n) is 2.94. The number of amides is 1. The van der Waals surface area contributed by atoms with Crippen molar-refractivity contribution in [3.05, 3.63) is 65.7 Å². The van der Waals surface area contributed by atoms with E-state index in [1.54, 1.807) is 24.3 Å². The quantitative estimate of drug-likeness (QED) is 0.700. The number of hydrogen-bond donors (Lipinski definition) is 3. The van der Waals surface area contributed by atoms with E-state index in [0.717, 1.165) is 5.56 Å². The summed E-state index contributed by atoms with van der Waals surface area (Å²) >= 11 is 0. The van der Waals surface area contributed by atoms with Crippen LogP contribution in [0, 0.1) is 5.92 Å². The van der Waals surface area contributed by atoms with E-state index in [4.69, 9.17) is 0 Å². The number of rotatable bonds is 6. The van der Waals surface area contributed by atoms with Crippen LogP contribution in [0.1, 0.15) is 15.9 Å². The van der Waals surface area contributed by atoms with Crippen LogP contribution in [0.5, 0.6) is 0 Å². The van der Waals surface area contributed by atoms with E-state index >= 15 is 0 Å². The van der Waals surface area contributed by atoms with Gasteiger partial charge in [0.2, 0.25) is 0 Å². The molecule has 0 spiro atoms.